The minimum absolute atomic E-state index is 0.196. The Morgan fingerprint density at radius 1 is 1.31 bits per heavy atom. The lowest BCUT2D eigenvalue weighted by Crippen LogP contribution is -2.33. The minimum atomic E-state index is -0.373. The first-order chi connectivity index (χ1) is 13.7. The van der Waals surface area contributed by atoms with Gasteiger partial charge in [-0.1, -0.05) is 12.2 Å². The van der Waals surface area contributed by atoms with Crippen molar-refractivity contribution < 1.29 is 4.39 Å². The zero-order valence-electron chi connectivity index (χ0n) is 17.8. The third-order valence-electron chi connectivity index (χ3n) is 4.08. The number of pyridine rings is 1. The van der Waals surface area contributed by atoms with Crippen LogP contribution in [-0.2, 0) is 7.05 Å². The molecular formula is C21H28FN7. The molecule has 29 heavy (non-hydrogen) atoms. The van der Waals surface area contributed by atoms with Crippen molar-refractivity contribution >= 4 is 11.7 Å². The summed E-state index contributed by atoms with van der Waals surface area (Å²) in [6.07, 6.45) is 4.85. The normalized spacial score (nSPS) is 13.1. The highest BCUT2D eigenvalue weighted by Crippen LogP contribution is 2.13. The lowest BCUT2D eigenvalue weighted by atomic mass is 10.2. The molecule has 2 rings (SSSR count). The molecule has 1 atom stereocenters. The Morgan fingerprint density at radius 2 is 2.03 bits per heavy atom. The van der Waals surface area contributed by atoms with E-state index in [-0.39, 0.29) is 11.9 Å². The fourth-order valence-electron chi connectivity index (χ4n) is 2.71. The summed E-state index contributed by atoms with van der Waals surface area (Å²) in [7, 11) is 3.61. The van der Waals surface area contributed by atoms with Gasteiger partial charge >= 0.3 is 0 Å². The number of hydrogen-bond acceptors (Lipinski definition) is 5. The van der Waals surface area contributed by atoms with Crippen LogP contribution in [-0.4, -0.2) is 33.3 Å². The van der Waals surface area contributed by atoms with Crippen LogP contribution in [0.25, 0.3) is 0 Å². The summed E-state index contributed by atoms with van der Waals surface area (Å²) in [6.45, 7) is 11.8. The molecule has 0 amide bonds. The number of aliphatic imine (C=N–C) groups is 2. The summed E-state index contributed by atoms with van der Waals surface area (Å²) >= 11 is 0. The van der Waals surface area contributed by atoms with E-state index in [9.17, 15) is 4.39 Å². The molecule has 0 bridgehead atoms. The number of allylic oxidation sites excluding steroid dienone is 1. The van der Waals surface area contributed by atoms with E-state index < -0.39 is 0 Å². The predicted molar refractivity (Wildman–Crippen MR) is 115 cm³/mol. The van der Waals surface area contributed by atoms with Crippen molar-refractivity contribution in [3.8, 4) is 0 Å². The van der Waals surface area contributed by atoms with Crippen molar-refractivity contribution in [1.29, 1.82) is 0 Å². The van der Waals surface area contributed by atoms with E-state index in [0.29, 0.717) is 23.2 Å². The summed E-state index contributed by atoms with van der Waals surface area (Å²) in [5.41, 5.74) is 3.44. The van der Waals surface area contributed by atoms with Crippen LogP contribution in [0.2, 0.25) is 0 Å². The van der Waals surface area contributed by atoms with Gasteiger partial charge in [-0.25, -0.2) is 14.4 Å². The van der Waals surface area contributed by atoms with E-state index in [1.165, 1.54) is 12.3 Å². The van der Waals surface area contributed by atoms with Crippen molar-refractivity contribution in [2.24, 2.45) is 17.0 Å². The average molecular weight is 398 g/mol. The fourth-order valence-corrected chi connectivity index (χ4v) is 2.71. The Labute approximate surface area is 171 Å². The van der Waals surface area contributed by atoms with Gasteiger partial charge in [0, 0.05) is 14.1 Å². The van der Waals surface area contributed by atoms with Crippen LogP contribution in [0.15, 0.2) is 58.7 Å². The van der Waals surface area contributed by atoms with E-state index in [1.54, 1.807) is 19.4 Å². The zero-order chi connectivity index (χ0) is 21.6. The van der Waals surface area contributed by atoms with Crippen LogP contribution < -0.4 is 10.6 Å². The first-order valence-corrected chi connectivity index (χ1v) is 9.23. The first-order valence-electron chi connectivity index (χ1n) is 9.23. The molecule has 0 unspecified atom stereocenters. The summed E-state index contributed by atoms with van der Waals surface area (Å²) < 4.78 is 15.0. The summed E-state index contributed by atoms with van der Waals surface area (Å²) in [5.74, 6) is 1.30. The van der Waals surface area contributed by atoms with Gasteiger partial charge < -0.3 is 15.2 Å². The van der Waals surface area contributed by atoms with Gasteiger partial charge in [-0.05, 0) is 45.9 Å². The van der Waals surface area contributed by atoms with E-state index >= 15 is 0 Å². The monoisotopic (exact) mass is 397 g/mol. The third-order valence-corrected chi connectivity index (χ3v) is 4.08. The molecule has 0 aliphatic carbocycles. The van der Waals surface area contributed by atoms with Crippen molar-refractivity contribution in [1.82, 2.24) is 25.2 Å². The first kappa shape index (κ1) is 22.0. The molecule has 2 heterocycles. The van der Waals surface area contributed by atoms with Crippen LogP contribution in [0.5, 0.6) is 0 Å². The van der Waals surface area contributed by atoms with Crippen LogP contribution in [0.4, 0.5) is 4.39 Å². The van der Waals surface area contributed by atoms with Crippen molar-refractivity contribution in [2.75, 3.05) is 7.05 Å². The predicted octanol–water partition coefficient (Wildman–Crippen LogP) is 3.42. The standard InChI is InChI=1S/C21H28FN7/c1-13(2)10-19(23-6)28-21(20-15(4)25-12-29(20)7)27-16(5)26-14(3)18-9-8-17(22)11-24-18/h8-12,14,26H,5H2,1-4,6-7H3,(H,23,27,28)/t14-/m0/s1. The number of aromatic nitrogens is 3. The molecule has 154 valence electrons. The van der Waals surface area contributed by atoms with Crippen LogP contribution in [0.3, 0.4) is 0 Å². The average Bonchev–Trinajstić information content (AvgIpc) is 2.98. The third kappa shape index (κ3) is 6.10. The van der Waals surface area contributed by atoms with Crippen molar-refractivity contribution in [3.05, 3.63) is 71.6 Å². The molecule has 2 N–H and O–H groups in total. The maximum atomic E-state index is 13.1. The van der Waals surface area contributed by atoms with Gasteiger partial charge in [0.05, 0.1) is 30.0 Å². The Hall–Kier alpha value is -3.29. The maximum absolute atomic E-state index is 13.1. The van der Waals surface area contributed by atoms with Gasteiger partial charge in [-0.2, -0.15) is 0 Å². The molecule has 7 nitrogen and oxygen atoms in total. The smallest absolute Gasteiger partial charge is 0.159 e. The van der Waals surface area contributed by atoms with E-state index in [0.717, 1.165) is 17.0 Å². The quantitative estimate of drug-likeness (QED) is 0.578. The van der Waals surface area contributed by atoms with E-state index in [1.807, 2.05) is 45.4 Å². The molecule has 0 aromatic carbocycles. The highest BCUT2D eigenvalue weighted by atomic mass is 19.1. The van der Waals surface area contributed by atoms with Crippen LogP contribution in [0, 0.1) is 12.7 Å². The molecular weight excluding hydrogens is 369 g/mol. The number of aryl methyl sites for hydroxylation is 2. The minimum Gasteiger partial charge on any atom is -0.362 e. The molecule has 0 saturated heterocycles. The second-order valence-electron chi connectivity index (χ2n) is 6.92. The maximum Gasteiger partial charge on any atom is 0.159 e. The van der Waals surface area contributed by atoms with E-state index in [2.05, 4.69) is 37.2 Å². The zero-order valence-corrected chi connectivity index (χ0v) is 17.8. The number of nitrogens with one attached hydrogen (secondary N) is 2. The fraction of sp³-hybridized carbons (Fsp3) is 0.333. The van der Waals surface area contributed by atoms with Gasteiger partial charge in [0.25, 0.3) is 0 Å². The lowest BCUT2D eigenvalue weighted by molar-refractivity contribution is 0.600. The van der Waals surface area contributed by atoms with Gasteiger partial charge in [-0.15, -0.1) is 0 Å². The van der Waals surface area contributed by atoms with Gasteiger partial charge in [-0.3, -0.25) is 9.98 Å². The van der Waals surface area contributed by atoms with Crippen LogP contribution >= 0.6 is 0 Å². The SMILES string of the molecule is C=C(/N=C(/N/C(C=C(C)C)=N/C)c1c(C)ncn1C)N[C@@H](C)c1ccc(F)cn1. The molecule has 8 heteroatoms. The molecule has 0 radical (unpaired) electrons. The van der Waals surface area contributed by atoms with Gasteiger partial charge in [0.15, 0.2) is 5.84 Å². The second-order valence-corrected chi connectivity index (χ2v) is 6.92. The van der Waals surface area contributed by atoms with Gasteiger partial charge in [0.2, 0.25) is 0 Å². The molecule has 0 saturated carbocycles. The summed E-state index contributed by atoms with van der Waals surface area (Å²) in [4.78, 5) is 17.4. The van der Waals surface area contributed by atoms with Crippen LogP contribution in [0.1, 0.15) is 43.9 Å². The number of nitrogens with zero attached hydrogens (tertiary/aromatic N) is 5. The number of halogens is 1. The Kier molecular flexibility index (Phi) is 7.41. The molecule has 2 aromatic heterocycles. The van der Waals surface area contributed by atoms with Crippen molar-refractivity contribution in [2.45, 2.75) is 33.7 Å². The second kappa shape index (κ2) is 9.77. The highest BCUT2D eigenvalue weighted by Gasteiger charge is 2.15. The molecule has 0 aliphatic heterocycles. The largest absolute Gasteiger partial charge is 0.362 e. The molecule has 2 aromatic rings. The number of imidazole rings is 1. The molecule has 0 aliphatic rings. The molecule has 0 fully saturated rings. The topological polar surface area (TPSA) is 79.5 Å². The lowest BCUT2D eigenvalue weighted by Gasteiger charge is -2.17. The number of amidine groups is 2. The highest BCUT2D eigenvalue weighted by molar-refractivity contribution is 6.12. The van der Waals surface area contributed by atoms with Gasteiger partial charge in [0.1, 0.15) is 23.2 Å². The summed E-state index contributed by atoms with van der Waals surface area (Å²) in [5, 5.41) is 6.45. The Balaban J connectivity index is 2.32. The summed E-state index contributed by atoms with van der Waals surface area (Å²) in [6, 6.07) is 2.81. The number of hydrogen-bond donors (Lipinski definition) is 2. The van der Waals surface area contributed by atoms with Crippen molar-refractivity contribution in [3.63, 3.8) is 0 Å². The Morgan fingerprint density at radius 3 is 2.55 bits per heavy atom. The molecule has 0 spiro atoms. The number of rotatable bonds is 6. The Bertz CT molecular complexity index is 928. The van der Waals surface area contributed by atoms with E-state index in [4.69, 9.17) is 0 Å².